The molecular formula is C31H29N7O4. The summed E-state index contributed by atoms with van der Waals surface area (Å²) in [6.07, 6.45) is 8.47. The lowest BCUT2D eigenvalue weighted by Gasteiger charge is -2.35. The molecule has 0 radical (unpaired) electrons. The van der Waals surface area contributed by atoms with Gasteiger partial charge < -0.3 is 5.32 Å². The number of amides is 4. The second kappa shape index (κ2) is 9.37. The highest BCUT2D eigenvalue weighted by Gasteiger charge is 2.46. The van der Waals surface area contributed by atoms with Crippen LogP contribution in [0, 0.1) is 5.92 Å². The number of piperidine rings is 1. The number of hydrogen-bond acceptors (Lipinski definition) is 7. The second-order valence-corrected chi connectivity index (χ2v) is 11.8. The topological polar surface area (TPSA) is 131 Å². The molecule has 4 aromatic rings. The Bertz CT molecular complexity index is 1800. The van der Waals surface area contributed by atoms with Gasteiger partial charge in [-0.05, 0) is 56.2 Å². The maximum absolute atomic E-state index is 13.4. The number of anilines is 1. The number of para-hydroxylation sites is 1. The number of nitrogens with zero attached hydrogens (tertiary/aromatic N) is 5. The van der Waals surface area contributed by atoms with Gasteiger partial charge in [-0.3, -0.25) is 34.1 Å². The standard InChI is InChI=1S/C31H29N7O4/c39-26-11-10-24(29(40)34-26)37-30(41)21-5-3-6-22(27(21)31(37)42)32-14-17-12-20(13-17)36-16-25(28(35-36)18-8-9-18)38-23-7-2-1-4-19(23)15-33-38/h1-7,15-18,20,24,32H,8-14H2,(H,34,39,40). The molecule has 2 aromatic heterocycles. The lowest BCUT2D eigenvalue weighted by atomic mass is 9.80. The molecular weight excluding hydrogens is 534 g/mol. The third-order valence-corrected chi connectivity index (χ3v) is 9.04. The lowest BCUT2D eigenvalue weighted by molar-refractivity contribution is -0.136. The van der Waals surface area contributed by atoms with E-state index in [1.54, 1.807) is 18.2 Å². The predicted molar refractivity (Wildman–Crippen MR) is 152 cm³/mol. The smallest absolute Gasteiger partial charge is 0.264 e. The molecule has 2 aromatic carbocycles. The van der Waals surface area contributed by atoms with Crippen molar-refractivity contribution in [2.24, 2.45) is 5.92 Å². The van der Waals surface area contributed by atoms with E-state index in [2.05, 4.69) is 38.7 Å². The van der Waals surface area contributed by atoms with E-state index in [9.17, 15) is 19.2 Å². The molecule has 11 heteroatoms. The summed E-state index contributed by atoms with van der Waals surface area (Å²) in [6, 6.07) is 12.7. The fourth-order valence-electron chi connectivity index (χ4n) is 6.56. The van der Waals surface area contributed by atoms with Gasteiger partial charge in [-0.2, -0.15) is 10.2 Å². The SMILES string of the molecule is O=C1CCC(N2C(=O)c3cccc(NCC4CC(n5cc(-n6ncc7ccccc76)c(C6CC6)n5)C4)c3C2=O)C(=O)N1. The summed E-state index contributed by atoms with van der Waals surface area (Å²) in [5, 5.41) is 16.5. The first-order valence-corrected chi connectivity index (χ1v) is 14.6. The molecule has 11 nitrogen and oxygen atoms in total. The molecule has 212 valence electrons. The van der Waals surface area contributed by atoms with Crippen molar-refractivity contribution in [3.63, 3.8) is 0 Å². The van der Waals surface area contributed by atoms with Gasteiger partial charge in [0.2, 0.25) is 11.8 Å². The summed E-state index contributed by atoms with van der Waals surface area (Å²) >= 11 is 0. The number of carbonyl (C=O) groups is 4. The molecule has 2 aliphatic heterocycles. The maximum Gasteiger partial charge on any atom is 0.264 e. The molecule has 0 spiro atoms. The normalized spacial score (nSPS) is 23.7. The molecule has 4 aliphatic rings. The molecule has 3 fully saturated rings. The second-order valence-electron chi connectivity index (χ2n) is 11.8. The predicted octanol–water partition coefficient (Wildman–Crippen LogP) is 3.56. The van der Waals surface area contributed by atoms with Gasteiger partial charge in [-0.25, -0.2) is 4.68 Å². The van der Waals surface area contributed by atoms with Gasteiger partial charge >= 0.3 is 0 Å². The molecule has 2 saturated carbocycles. The molecule has 42 heavy (non-hydrogen) atoms. The van der Waals surface area contributed by atoms with Crippen molar-refractivity contribution >= 4 is 40.2 Å². The zero-order valence-electron chi connectivity index (χ0n) is 22.8. The molecule has 1 unspecified atom stereocenters. The van der Waals surface area contributed by atoms with E-state index in [1.807, 2.05) is 23.0 Å². The van der Waals surface area contributed by atoms with Gasteiger partial charge in [0.25, 0.3) is 11.8 Å². The molecule has 0 bridgehead atoms. The van der Waals surface area contributed by atoms with Crippen LogP contribution in [0.5, 0.6) is 0 Å². The van der Waals surface area contributed by atoms with Crippen LogP contribution in [0.4, 0.5) is 5.69 Å². The third kappa shape index (κ3) is 3.94. The zero-order chi connectivity index (χ0) is 28.5. The molecule has 1 atom stereocenters. The minimum Gasteiger partial charge on any atom is -0.384 e. The van der Waals surface area contributed by atoms with Crippen molar-refractivity contribution in [2.75, 3.05) is 11.9 Å². The summed E-state index contributed by atoms with van der Waals surface area (Å²) in [5.41, 5.74) is 4.42. The monoisotopic (exact) mass is 563 g/mol. The average molecular weight is 564 g/mol. The van der Waals surface area contributed by atoms with Crippen LogP contribution in [0.1, 0.15) is 76.9 Å². The molecule has 2 aliphatic carbocycles. The summed E-state index contributed by atoms with van der Waals surface area (Å²) in [7, 11) is 0. The number of fused-ring (bicyclic) bond motifs is 2. The van der Waals surface area contributed by atoms with Gasteiger partial charge in [0.05, 0.1) is 40.8 Å². The van der Waals surface area contributed by atoms with E-state index < -0.39 is 23.8 Å². The summed E-state index contributed by atoms with van der Waals surface area (Å²) in [5.74, 6) is -1.12. The van der Waals surface area contributed by atoms with Crippen LogP contribution in [0.25, 0.3) is 16.6 Å². The number of carbonyl (C=O) groups excluding carboxylic acids is 4. The Balaban J connectivity index is 0.959. The van der Waals surface area contributed by atoms with Crippen LogP contribution in [0.3, 0.4) is 0 Å². The Kier molecular flexibility index (Phi) is 5.56. The summed E-state index contributed by atoms with van der Waals surface area (Å²) in [6.45, 7) is 0.653. The Labute approximate surface area is 240 Å². The number of rotatable bonds is 7. The first-order valence-electron chi connectivity index (χ1n) is 14.6. The quantitative estimate of drug-likeness (QED) is 0.329. The molecule has 8 rings (SSSR count). The van der Waals surface area contributed by atoms with E-state index in [1.165, 1.54) is 0 Å². The van der Waals surface area contributed by atoms with E-state index in [4.69, 9.17) is 5.10 Å². The third-order valence-electron chi connectivity index (χ3n) is 9.04. The van der Waals surface area contributed by atoms with Gasteiger partial charge in [-0.1, -0.05) is 24.3 Å². The van der Waals surface area contributed by atoms with E-state index in [0.29, 0.717) is 29.6 Å². The van der Waals surface area contributed by atoms with Crippen LogP contribution >= 0.6 is 0 Å². The van der Waals surface area contributed by atoms with E-state index in [-0.39, 0.29) is 30.4 Å². The van der Waals surface area contributed by atoms with Crippen molar-refractivity contribution in [2.45, 2.75) is 56.5 Å². The molecule has 1 saturated heterocycles. The lowest BCUT2D eigenvalue weighted by Crippen LogP contribution is -2.54. The van der Waals surface area contributed by atoms with Crippen molar-refractivity contribution in [1.29, 1.82) is 0 Å². The van der Waals surface area contributed by atoms with Crippen LogP contribution in [-0.2, 0) is 9.59 Å². The maximum atomic E-state index is 13.4. The number of nitrogens with one attached hydrogen (secondary N) is 2. The number of hydrogen-bond donors (Lipinski definition) is 2. The highest BCUT2D eigenvalue weighted by Crippen LogP contribution is 2.45. The molecule has 2 N–H and O–H groups in total. The molecule has 4 amide bonds. The van der Waals surface area contributed by atoms with Crippen LogP contribution in [0.15, 0.2) is 54.9 Å². The summed E-state index contributed by atoms with van der Waals surface area (Å²) in [4.78, 5) is 51.5. The number of imide groups is 2. The van der Waals surface area contributed by atoms with Gasteiger partial charge in [0.1, 0.15) is 11.7 Å². The highest BCUT2D eigenvalue weighted by molar-refractivity contribution is 6.25. The van der Waals surface area contributed by atoms with Crippen LogP contribution < -0.4 is 10.6 Å². The highest BCUT2D eigenvalue weighted by atomic mass is 16.2. The van der Waals surface area contributed by atoms with E-state index >= 15 is 0 Å². The fourth-order valence-corrected chi connectivity index (χ4v) is 6.56. The van der Waals surface area contributed by atoms with Crippen LogP contribution in [0.2, 0.25) is 0 Å². The first-order chi connectivity index (χ1) is 20.5. The van der Waals surface area contributed by atoms with Gasteiger partial charge in [-0.15, -0.1) is 0 Å². The Morgan fingerprint density at radius 1 is 0.952 bits per heavy atom. The van der Waals surface area contributed by atoms with Crippen molar-refractivity contribution in [3.8, 4) is 5.69 Å². The van der Waals surface area contributed by atoms with Crippen molar-refractivity contribution < 1.29 is 19.2 Å². The van der Waals surface area contributed by atoms with Crippen molar-refractivity contribution in [1.82, 2.24) is 29.8 Å². The Morgan fingerprint density at radius 2 is 1.79 bits per heavy atom. The Hall–Kier alpha value is -4.80. The minimum absolute atomic E-state index is 0.0934. The average Bonchev–Trinajstić information content (AvgIpc) is 3.49. The minimum atomic E-state index is -0.977. The fraction of sp³-hybridized carbons (Fsp3) is 0.355. The van der Waals surface area contributed by atoms with Crippen LogP contribution in [-0.4, -0.2) is 60.7 Å². The first kappa shape index (κ1) is 25.0. The molecule has 4 heterocycles. The van der Waals surface area contributed by atoms with Gasteiger partial charge in [0, 0.05) is 30.0 Å². The summed E-state index contributed by atoms with van der Waals surface area (Å²) < 4.78 is 4.12. The Morgan fingerprint density at radius 3 is 2.60 bits per heavy atom. The number of aromatic nitrogens is 4. The van der Waals surface area contributed by atoms with Gasteiger partial charge in [0.15, 0.2) is 0 Å². The van der Waals surface area contributed by atoms with E-state index in [0.717, 1.165) is 52.9 Å². The number of benzene rings is 2. The zero-order valence-corrected chi connectivity index (χ0v) is 22.8. The largest absolute Gasteiger partial charge is 0.384 e. The van der Waals surface area contributed by atoms with Crippen molar-refractivity contribution in [3.05, 3.63) is 71.7 Å².